The summed E-state index contributed by atoms with van der Waals surface area (Å²) in [4.78, 5) is 4.04. The number of nitrogens with zero attached hydrogens (tertiary/aromatic N) is 1. The third-order valence-corrected chi connectivity index (χ3v) is 2.19. The summed E-state index contributed by atoms with van der Waals surface area (Å²) in [6, 6.07) is 12.5. The Labute approximate surface area is 95.7 Å². The van der Waals surface area contributed by atoms with Crippen LogP contribution in [-0.4, -0.2) is 4.98 Å². The van der Waals surface area contributed by atoms with Gasteiger partial charge in [-0.15, -0.1) is 0 Å². The molecule has 16 heavy (non-hydrogen) atoms. The third kappa shape index (κ3) is 2.41. The van der Waals surface area contributed by atoms with Gasteiger partial charge in [-0.25, -0.2) is 0 Å². The first-order chi connectivity index (χ1) is 7.79. The molecule has 0 aliphatic rings. The molecule has 1 heterocycles. The van der Waals surface area contributed by atoms with Crippen LogP contribution in [0.3, 0.4) is 0 Å². The van der Waals surface area contributed by atoms with Crippen molar-refractivity contribution in [1.29, 1.82) is 0 Å². The summed E-state index contributed by atoms with van der Waals surface area (Å²) in [6.45, 7) is 0. The molecule has 4 nitrogen and oxygen atoms in total. The van der Waals surface area contributed by atoms with Crippen LogP contribution in [0.1, 0.15) is 0 Å². The Morgan fingerprint density at radius 1 is 1.00 bits per heavy atom. The van der Waals surface area contributed by atoms with E-state index in [2.05, 4.69) is 14.5 Å². The number of anilines is 1. The Balaban J connectivity index is 2.26. The summed E-state index contributed by atoms with van der Waals surface area (Å²) in [5.74, 6) is 2.07. The molecular weight excluding hydrogens is 223 g/mol. The number of hydrogen-bond acceptors (Lipinski definition) is 4. The van der Waals surface area contributed by atoms with Gasteiger partial charge in [0.1, 0.15) is 5.82 Å². The van der Waals surface area contributed by atoms with Gasteiger partial charge < -0.3 is 15.0 Å². The van der Waals surface area contributed by atoms with Crippen LogP contribution in [0, 0.1) is 0 Å². The fourth-order valence-corrected chi connectivity index (χ4v) is 1.43. The van der Waals surface area contributed by atoms with E-state index in [1.165, 1.54) is 0 Å². The molecule has 5 heteroatoms. The van der Waals surface area contributed by atoms with Gasteiger partial charge >= 0.3 is 0 Å². The third-order valence-electron chi connectivity index (χ3n) is 1.94. The molecule has 1 atom stereocenters. The predicted molar refractivity (Wildman–Crippen MR) is 65.5 cm³/mol. The molecule has 0 spiro atoms. The van der Waals surface area contributed by atoms with E-state index in [0.29, 0.717) is 23.2 Å². The van der Waals surface area contributed by atoms with Gasteiger partial charge in [0.15, 0.2) is 11.5 Å². The van der Waals surface area contributed by atoms with Crippen LogP contribution in [0.25, 0.3) is 0 Å². The van der Waals surface area contributed by atoms with E-state index in [0.717, 1.165) is 0 Å². The molecule has 0 saturated heterocycles. The van der Waals surface area contributed by atoms with Crippen LogP contribution in [0.2, 0.25) is 0 Å². The molecule has 82 valence electrons. The average Bonchev–Trinajstić information content (AvgIpc) is 2.30. The van der Waals surface area contributed by atoms with Crippen LogP contribution < -0.4 is 15.0 Å². The van der Waals surface area contributed by atoms with Crippen LogP contribution in [0.15, 0.2) is 42.5 Å². The monoisotopic (exact) mass is 234 g/mol. The molecule has 0 bridgehead atoms. The van der Waals surface area contributed by atoms with E-state index in [-0.39, 0.29) is 0 Å². The Kier molecular flexibility index (Phi) is 3.22. The normalized spacial score (nSPS) is 9.81. The van der Waals surface area contributed by atoms with Crippen LogP contribution in [0.4, 0.5) is 5.82 Å². The number of aromatic nitrogens is 1. The molecule has 1 aromatic carbocycles. The van der Waals surface area contributed by atoms with Gasteiger partial charge in [-0.2, -0.15) is 4.98 Å². The highest BCUT2D eigenvalue weighted by Crippen LogP contribution is 2.31. The van der Waals surface area contributed by atoms with Crippen LogP contribution in [-0.2, 0) is 0 Å². The zero-order valence-corrected chi connectivity index (χ0v) is 9.61. The van der Waals surface area contributed by atoms with Gasteiger partial charge in [0.25, 0.3) is 0 Å². The highest BCUT2D eigenvalue weighted by Gasteiger charge is 2.04. The van der Waals surface area contributed by atoms with Gasteiger partial charge in [-0.05, 0) is 18.2 Å². The summed E-state index contributed by atoms with van der Waals surface area (Å²) < 4.78 is 10.6. The molecule has 0 saturated carbocycles. The molecule has 0 amide bonds. The standard InChI is InChI=1S/C11H11N2O2P/c12-10-6-3-7-11(13-10)14-8-4-1-2-5-9(8)15-16/h1-7H,16H2,(H2,12,13). The zero-order chi connectivity index (χ0) is 11.4. The van der Waals surface area contributed by atoms with Gasteiger partial charge in [0.2, 0.25) is 5.88 Å². The Bertz CT molecular complexity index is 491. The quantitative estimate of drug-likeness (QED) is 0.829. The maximum atomic E-state index is 5.56. The summed E-state index contributed by atoms with van der Waals surface area (Å²) in [5, 5.41) is 0. The molecule has 2 aromatic rings. The van der Waals surface area contributed by atoms with Crippen molar-refractivity contribution in [3.8, 4) is 17.4 Å². The number of pyridine rings is 1. The van der Waals surface area contributed by atoms with Crippen molar-refractivity contribution >= 4 is 15.3 Å². The van der Waals surface area contributed by atoms with E-state index in [1.807, 2.05) is 12.1 Å². The lowest BCUT2D eigenvalue weighted by Gasteiger charge is -2.08. The minimum Gasteiger partial charge on any atom is -0.476 e. The molecule has 1 unspecified atom stereocenters. The van der Waals surface area contributed by atoms with Crippen molar-refractivity contribution < 1.29 is 9.26 Å². The summed E-state index contributed by atoms with van der Waals surface area (Å²) in [7, 11) is 2.18. The first-order valence-corrected chi connectivity index (χ1v) is 5.13. The minimum absolute atomic E-state index is 0.418. The van der Waals surface area contributed by atoms with Gasteiger partial charge in [0.05, 0.1) is 9.47 Å². The fourth-order valence-electron chi connectivity index (χ4n) is 1.23. The topological polar surface area (TPSA) is 57.4 Å². The van der Waals surface area contributed by atoms with Crippen molar-refractivity contribution in [3.63, 3.8) is 0 Å². The number of ether oxygens (including phenoxy) is 1. The largest absolute Gasteiger partial charge is 0.476 e. The number of para-hydroxylation sites is 2. The van der Waals surface area contributed by atoms with E-state index in [1.54, 1.807) is 30.3 Å². The summed E-state index contributed by atoms with van der Waals surface area (Å²) in [5.41, 5.74) is 5.56. The first kappa shape index (κ1) is 10.7. The zero-order valence-electron chi connectivity index (χ0n) is 8.46. The maximum Gasteiger partial charge on any atom is 0.221 e. The molecule has 2 N–H and O–H groups in total. The number of nitrogens with two attached hydrogens (primary N) is 1. The second-order valence-corrected chi connectivity index (χ2v) is 3.30. The van der Waals surface area contributed by atoms with Crippen molar-refractivity contribution in [3.05, 3.63) is 42.5 Å². The second kappa shape index (κ2) is 4.81. The van der Waals surface area contributed by atoms with Gasteiger partial charge in [-0.3, -0.25) is 0 Å². The van der Waals surface area contributed by atoms with Gasteiger partial charge in [-0.1, -0.05) is 18.2 Å². The maximum absolute atomic E-state index is 5.56. The van der Waals surface area contributed by atoms with Gasteiger partial charge in [0, 0.05) is 6.07 Å². The number of hydrogen-bond donors (Lipinski definition) is 1. The lowest BCUT2D eigenvalue weighted by atomic mass is 10.3. The van der Waals surface area contributed by atoms with Crippen molar-refractivity contribution in [1.82, 2.24) is 4.98 Å². The highest BCUT2D eigenvalue weighted by atomic mass is 31.0. The van der Waals surface area contributed by atoms with E-state index in [4.69, 9.17) is 15.0 Å². The average molecular weight is 234 g/mol. The second-order valence-electron chi connectivity index (χ2n) is 3.07. The number of nitrogen functional groups attached to an aromatic ring is 1. The molecule has 2 rings (SSSR count). The smallest absolute Gasteiger partial charge is 0.221 e. The molecule has 0 radical (unpaired) electrons. The molecule has 0 aliphatic carbocycles. The molecule has 0 fully saturated rings. The van der Waals surface area contributed by atoms with Crippen molar-refractivity contribution in [2.75, 3.05) is 5.73 Å². The fraction of sp³-hybridized carbons (Fsp3) is 0. The van der Waals surface area contributed by atoms with E-state index < -0.39 is 0 Å². The lowest BCUT2D eigenvalue weighted by molar-refractivity contribution is 0.443. The number of rotatable bonds is 3. The van der Waals surface area contributed by atoms with Crippen molar-refractivity contribution in [2.24, 2.45) is 0 Å². The minimum atomic E-state index is 0.418. The van der Waals surface area contributed by atoms with Crippen LogP contribution in [0.5, 0.6) is 17.4 Å². The lowest BCUT2D eigenvalue weighted by Crippen LogP contribution is -1.93. The first-order valence-electron chi connectivity index (χ1n) is 4.66. The summed E-state index contributed by atoms with van der Waals surface area (Å²) in [6.07, 6.45) is 0. The van der Waals surface area contributed by atoms with E-state index >= 15 is 0 Å². The van der Waals surface area contributed by atoms with Crippen molar-refractivity contribution in [2.45, 2.75) is 0 Å². The molecular formula is C11H11N2O2P. The Morgan fingerprint density at radius 2 is 1.75 bits per heavy atom. The molecule has 1 aromatic heterocycles. The van der Waals surface area contributed by atoms with E-state index in [9.17, 15) is 0 Å². The van der Waals surface area contributed by atoms with Crippen LogP contribution >= 0.6 is 9.47 Å². The SMILES string of the molecule is Nc1cccc(Oc2ccccc2OP)n1. The predicted octanol–water partition coefficient (Wildman–Crippen LogP) is 2.63. The Hall–Kier alpha value is -1.80. The molecule has 0 aliphatic heterocycles. The number of benzene rings is 1. The highest BCUT2D eigenvalue weighted by molar-refractivity contribution is 7.10. The summed E-state index contributed by atoms with van der Waals surface area (Å²) >= 11 is 0. The Morgan fingerprint density at radius 3 is 2.44 bits per heavy atom.